The molecular formula is C14H21N3O4. The van der Waals surface area contributed by atoms with E-state index in [4.69, 9.17) is 4.42 Å². The van der Waals surface area contributed by atoms with E-state index in [-0.39, 0.29) is 17.7 Å². The van der Waals surface area contributed by atoms with Crippen molar-refractivity contribution in [2.75, 3.05) is 33.3 Å². The van der Waals surface area contributed by atoms with Gasteiger partial charge in [-0.15, -0.1) is 0 Å². The number of nitrogens with one attached hydrogen (secondary N) is 2. The number of nitrogens with zero attached hydrogens (tertiary/aromatic N) is 1. The minimum absolute atomic E-state index is 0.00412. The molecule has 7 heteroatoms. The number of hydrogen-bond donors (Lipinski definition) is 2. The summed E-state index contributed by atoms with van der Waals surface area (Å²) in [6.07, 6.45) is 0. The van der Waals surface area contributed by atoms with Crippen LogP contribution in [0.1, 0.15) is 23.2 Å². The second kappa shape index (κ2) is 7.24. The SMILES string of the molecule is CCNC(=O)C1CNCCN1Cc1ccc(C(=O)OC)o1. The first-order chi connectivity index (χ1) is 10.2. The van der Waals surface area contributed by atoms with Crippen molar-refractivity contribution < 1.29 is 18.7 Å². The van der Waals surface area contributed by atoms with Gasteiger partial charge in [-0.05, 0) is 19.1 Å². The van der Waals surface area contributed by atoms with Crippen LogP contribution in [0.4, 0.5) is 0 Å². The topological polar surface area (TPSA) is 83.8 Å². The van der Waals surface area contributed by atoms with E-state index in [2.05, 4.69) is 15.4 Å². The fourth-order valence-electron chi connectivity index (χ4n) is 2.36. The lowest BCUT2D eigenvalue weighted by Gasteiger charge is -2.34. The van der Waals surface area contributed by atoms with Crippen molar-refractivity contribution in [3.8, 4) is 0 Å². The summed E-state index contributed by atoms with van der Waals surface area (Å²) in [6, 6.07) is 3.10. The van der Waals surface area contributed by atoms with Crippen LogP contribution in [0.2, 0.25) is 0 Å². The fraction of sp³-hybridized carbons (Fsp3) is 0.571. The lowest BCUT2D eigenvalue weighted by Crippen LogP contribution is -2.57. The summed E-state index contributed by atoms with van der Waals surface area (Å²) in [6.45, 7) is 5.16. The number of amides is 1. The first-order valence-corrected chi connectivity index (χ1v) is 7.05. The molecule has 1 aliphatic rings. The molecule has 2 N–H and O–H groups in total. The molecule has 1 atom stereocenters. The van der Waals surface area contributed by atoms with Crippen molar-refractivity contribution in [2.24, 2.45) is 0 Å². The number of rotatable bonds is 5. The Kier molecular flexibility index (Phi) is 5.35. The van der Waals surface area contributed by atoms with Crippen molar-refractivity contribution in [1.82, 2.24) is 15.5 Å². The molecule has 2 heterocycles. The van der Waals surface area contributed by atoms with Gasteiger partial charge < -0.3 is 19.8 Å². The van der Waals surface area contributed by atoms with Gasteiger partial charge in [-0.3, -0.25) is 9.69 Å². The summed E-state index contributed by atoms with van der Waals surface area (Å²) < 4.78 is 10.1. The van der Waals surface area contributed by atoms with Gasteiger partial charge in [-0.1, -0.05) is 0 Å². The Morgan fingerprint density at radius 2 is 2.33 bits per heavy atom. The van der Waals surface area contributed by atoms with Gasteiger partial charge in [0.05, 0.1) is 13.7 Å². The van der Waals surface area contributed by atoms with Gasteiger partial charge in [0.1, 0.15) is 11.8 Å². The quantitative estimate of drug-likeness (QED) is 0.743. The average molecular weight is 295 g/mol. The van der Waals surface area contributed by atoms with Crippen LogP contribution < -0.4 is 10.6 Å². The maximum atomic E-state index is 12.1. The Hall–Kier alpha value is -1.86. The molecule has 0 radical (unpaired) electrons. The average Bonchev–Trinajstić information content (AvgIpc) is 2.96. The molecule has 1 saturated heterocycles. The van der Waals surface area contributed by atoms with Crippen LogP contribution in [0.3, 0.4) is 0 Å². The van der Waals surface area contributed by atoms with E-state index in [9.17, 15) is 9.59 Å². The maximum Gasteiger partial charge on any atom is 0.373 e. The minimum atomic E-state index is -0.498. The highest BCUT2D eigenvalue weighted by molar-refractivity contribution is 5.86. The highest BCUT2D eigenvalue weighted by Gasteiger charge is 2.29. The Morgan fingerprint density at radius 3 is 3.05 bits per heavy atom. The number of furan rings is 1. The molecule has 0 saturated carbocycles. The van der Waals surface area contributed by atoms with E-state index in [0.717, 1.165) is 13.1 Å². The molecule has 0 aromatic carbocycles. The van der Waals surface area contributed by atoms with Gasteiger partial charge >= 0.3 is 5.97 Å². The summed E-state index contributed by atoms with van der Waals surface area (Å²) >= 11 is 0. The number of carbonyl (C=O) groups excluding carboxylic acids is 2. The van der Waals surface area contributed by atoms with Crippen LogP contribution in [0, 0.1) is 0 Å². The van der Waals surface area contributed by atoms with Gasteiger partial charge in [-0.2, -0.15) is 0 Å². The Morgan fingerprint density at radius 1 is 1.52 bits per heavy atom. The molecule has 0 aliphatic carbocycles. The highest BCUT2D eigenvalue weighted by atomic mass is 16.5. The first kappa shape index (κ1) is 15.5. The molecule has 1 aromatic rings. The third-order valence-electron chi connectivity index (χ3n) is 3.42. The maximum absolute atomic E-state index is 12.1. The third kappa shape index (κ3) is 3.83. The molecule has 1 fully saturated rings. The van der Waals surface area contributed by atoms with Crippen LogP contribution in [0.15, 0.2) is 16.5 Å². The Bertz CT molecular complexity index is 500. The summed E-state index contributed by atoms with van der Waals surface area (Å²) in [4.78, 5) is 25.5. The van der Waals surface area contributed by atoms with Crippen molar-refractivity contribution >= 4 is 11.9 Å². The minimum Gasteiger partial charge on any atom is -0.463 e. The van der Waals surface area contributed by atoms with Crippen LogP contribution in [-0.4, -0.2) is 56.1 Å². The van der Waals surface area contributed by atoms with E-state index < -0.39 is 5.97 Å². The van der Waals surface area contributed by atoms with Crippen LogP contribution in [0.25, 0.3) is 0 Å². The number of esters is 1. The molecule has 1 unspecified atom stereocenters. The van der Waals surface area contributed by atoms with E-state index in [1.807, 2.05) is 11.8 Å². The Balaban J connectivity index is 2.03. The van der Waals surface area contributed by atoms with Crippen LogP contribution >= 0.6 is 0 Å². The van der Waals surface area contributed by atoms with Crippen LogP contribution in [-0.2, 0) is 16.1 Å². The summed E-state index contributed by atoms with van der Waals surface area (Å²) in [5, 5.41) is 6.05. The molecule has 7 nitrogen and oxygen atoms in total. The second-order valence-electron chi connectivity index (χ2n) is 4.84. The largest absolute Gasteiger partial charge is 0.463 e. The van der Waals surface area contributed by atoms with Gasteiger partial charge in [0.25, 0.3) is 0 Å². The summed E-state index contributed by atoms with van der Waals surface area (Å²) in [7, 11) is 1.31. The lowest BCUT2D eigenvalue weighted by molar-refractivity contribution is -0.127. The Labute approximate surface area is 123 Å². The number of likely N-dealkylation sites (N-methyl/N-ethyl adjacent to an activating group) is 1. The van der Waals surface area contributed by atoms with Crippen molar-refractivity contribution in [1.29, 1.82) is 0 Å². The number of hydrogen-bond acceptors (Lipinski definition) is 6. The van der Waals surface area contributed by atoms with Gasteiger partial charge in [0.2, 0.25) is 11.7 Å². The van der Waals surface area contributed by atoms with Crippen molar-refractivity contribution in [2.45, 2.75) is 19.5 Å². The highest BCUT2D eigenvalue weighted by Crippen LogP contribution is 2.14. The molecule has 1 amide bonds. The molecule has 21 heavy (non-hydrogen) atoms. The van der Waals surface area contributed by atoms with Gasteiger partial charge in [0, 0.05) is 26.2 Å². The predicted molar refractivity (Wildman–Crippen MR) is 75.8 cm³/mol. The molecule has 1 aliphatic heterocycles. The predicted octanol–water partition coefficient (Wildman–Crippen LogP) is -0.0239. The number of methoxy groups -OCH3 is 1. The van der Waals surface area contributed by atoms with E-state index in [0.29, 0.717) is 25.4 Å². The standard InChI is InChI=1S/C14H21N3O4/c1-3-16-13(18)11-8-15-6-7-17(11)9-10-4-5-12(21-10)14(19)20-2/h4-5,11,15H,3,6-9H2,1-2H3,(H,16,18). The number of carbonyl (C=O) groups is 2. The van der Waals surface area contributed by atoms with E-state index in [1.165, 1.54) is 7.11 Å². The molecule has 0 bridgehead atoms. The van der Waals surface area contributed by atoms with Crippen LogP contribution in [0.5, 0.6) is 0 Å². The van der Waals surface area contributed by atoms with Crippen molar-refractivity contribution in [3.63, 3.8) is 0 Å². The zero-order chi connectivity index (χ0) is 15.2. The molecule has 116 valence electrons. The lowest BCUT2D eigenvalue weighted by atomic mass is 10.1. The number of ether oxygens (including phenoxy) is 1. The van der Waals surface area contributed by atoms with Gasteiger partial charge in [0.15, 0.2) is 0 Å². The molecule has 2 rings (SSSR count). The van der Waals surface area contributed by atoms with E-state index in [1.54, 1.807) is 12.1 Å². The van der Waals surface area contributed by atoms with E-state index >= 15 is 0 Å². The van der Waals surface area contributed by atoms with Crippen molar-refractivity contribution in [3.05, 3.63) is 23.7 Å². The first-order valence-electron chi connectivity index (χ1n) is 7.05. The molecule has 1 aromatic heterocycles. The monoisotopic (exact) mass is 295 g/mol. The molecular weight excluding hydrogens is 274 g/mol. The second-order valence-corrected chi connectivity index (χ2v) is 4.84. The summed E-state index contributed by atoms with van der Waals surface area (Å²) in [5.74, 6) is 0.329. The summed E-state index contributed by atoms with van der Waals surface area (Å²) in [5.41, 5.74) is 0. The third-order valence-corrected chi connectivity index (χ3v) is 3.42. The number of piperazine rings is 1. The normalized spacial score (nSPS) is 19.2. The molecule has 0 spiro atoms. The zero-order valence-electron chi connectivity index (χ0n) is 12.3. The van der Waals surface area contributed by atoms with Gasteiger partial charge in [-0.25, -0.2) is 4.79 Å². The fourth-order valence-corrected chi connectivity index (χ4v) is 2.36. The zero-order valence-corrected chi connectivity index (χ0v) is 12.3. The smallest absolute Gasteiger partial charge is 0.373 e.